The quantitative estimate of drug-likeness (QED) is 0.820. The lowest BCUT2D eigenvalue weighted by Gasteiger charge is -2.22. The summed E-state index contributed by atoms with van der Waals surface area (Å²) in [6.45, 7) is 1.66. The number of carbonyl (C=O) groups excluding carboxylic acids is 1. The van der Waals surface area contributed by atoms with E-state index in [1.807, 2.05) is 31.1 Å². The minimum Gasteiger partial charge on any atom is -0.299 e. The van der Waals surface area contributed by atoms with E-state index in [9.17, 15) is 4.79 Å². The maximum absolute atomic E-state index is 11.7. The van der Waals surface area contributed by atoms with Gasteiger partial charge in [0.15, 0.2) is 0 Å². The first-order valence-electron chi connectivity index (χ1n) is 6.23. The van der Waals surface area contributed by atoms with E-state index in [4.69, 9.17) is 0 Å². The smallest absolute Gasteiger partial charge is 0.147 e. The molecular formula is C16H19NO. The van der Waals surface area contributed by atoms with Crippen LogP contribution in [0.1, 0.15) is 12.5 Å². The zero-order valence-electron chi connectivity index (χ0n) is 11.2. The van der Waals surface area contributed by atoms with E-state index in [0.29, 0.717) is 0 Å². The SMILES string of the molecule is CC(=O)[C@@H](Cc1cccc2ccccc12)N(C)C. The molecule has 0 radical (unpaired) electrons. The molecule has 18 heavy (non-hydrogen) atoms. The van der Waals surface area contributed by atoms with Crippen LogP contribution in [0, 0.1) is 0 Å². The van der Waals surface area contributed by atoms with Crippen molar-refractivity contribution in [2.45, 2.75) is 19.4 Å². The zero-order chi connectivity index (χ0) is 13.1. The predicted molar refractivity (Wildman–Crippen MR) is 75.8 cm³/mol. The van der Waals surface area contributed by atoms with Crippen LogP contribution in [0.4, 0.5) is 0 Å². The molecule has 2 aromatic carbocycles. The predicted octanol–water partition coefficient (Wildman–Crippen LogP) is 2.90. The minimum atomic E-state index is -0.0455. The van der Waals surface area contributed by atoms with Gasteiger partial charge in [0.2, 0.25) is 0 Å². The van der Waals surface area contributed by atoms with Crippen LogP contribution in [0.3, 0.4) is 0 Å². The number of nitrogens with zero attached hydrogens (tertiary/aromatic N) is 1. The maximum Gasteiger partial charge on any atom is 0.147 e. The summed E-state index contributed by atoms with van der Waals surface area (Å²) in [5.41, 5.74) is 1.24. The summed E-state index contributed by atoms with van der Waals surface area (Å²) in [6, 6.07) is 14.6. The molecule has 0 unspecified atom stereocenters. The molecule has 0 aliphatic heterocycles. The molecule has 1 atom stereocenters. The summed E-state index contributed by atoms with van der Waals surface area (Å²) in [7, 11) is 3.91. The van der Waals surface area contributed by atoms with Crippen molar-refractivity contribution in [2.75, 3.05) is 14.1 Å². The molecule has 2 aromatic rings. The maximum atomic E-state index is 11.7. The highest BCUT2D eigenvalue weighted by atomic mass is 16.1. The summed E-state index contributed by atoms with van der Waals surface area (Å²) >= 11 is 0. The van der Waals surface area contributed by atoms with Crippen LogP contribution in [0.5, 0.6) is 0 Å². The van der Waals surface area contributed by atoms with Crippen molar-refractivity contribution in [1.82, 2.24) is 4.90 Å². The van der Waals surface area contributed by atoms with Gasteiger partial charge < -0.3 is 0 Å². The molecule has 2 nitrogen and oxygen atoms in total. The molecule has 94 valence electrons. The van der Waals surface area contributed by atoms with Crippen molar-refractivity contribution in [3.8, 4) is 0 Å². The molecule has 0 saturated carbocycles. The number of likely N-dealkylation sites (N-methyl/N-ethyl adjacent to an activating group) is 1. The topological polar surface area (TPSA) is 20.3 Å². The Bertz CT molecular complexity index is 555. The Labute approximate surface area is 108 Å². The highest BCUT2D eigenvalue weighted by molar-refractivity contribution is 5.87. The van der Waals surface area contributed by atoms with E-state index in [1.165, 1.54) is 16.3 Å². The number of Topliss-reactive ketones (excluding diaryl/α,β-unsaturated/α-hetero) is 1. The lowest BCUT2D eigenvalue weighted by atomic mass is 9.97. The second kappa shape index (κ2) is 5.32. The fourth-order valence-corrected chi connectivity index (χ4v) is 2.37. The van der Waals surface area contributed by atoms with Gasteiger partial charge in [0.1, 0.15) is 5.78 Å². The van der Waals surface area contributed by atoms with Gasteiger partial charge in [-0.25, -0.2) is 0 Å². The van der Waals surface area contributed by atoms with Crippen LogP contribution in [0.2, 0.25) is 0 Å². The van der Waals surface area contributed by atoms with Gasteiger partial charge >= 0.3 is 0 Å². The van der Waals surface area contributed by atoms with Crippen LogP contribution < -0.4 is 0 Å². The molecule has 0 saturated heterocycles. The van der Waals surface area contributed by atoms with Crippen molar-refractivity contribution in [3.05, 3.63) is 48.0 Å². The molecule has 0 heterocycles. The first-order chi connectivity index (χ1) is 8.59. The monoisotopic (exact) mass is 241 g/mol. The first kappa shape index (κ1) is 12.8. The van der Waals surface area contributed by atoms with E-state index < -0.39 is 0 Å². The van der Waals surface area contributed by atoms with Gasteiger partial charge in [-0.2, -0.15) is 0 Å². The lowest BCUT2D eigenvalue weighted by molar-refractivity contribution is -0.121. The van der Waals surface area contributed by atoms with E-state index >= 15 is 0 Å². The number of fused-ring (bicyclic) bond motifs is 1. The van der Waals surface area contributed by atoms with Crippen molar-refractivity contribution in [3.63, 3.8) is 0 Å². The Balaban J connectivity index is 2.39. The van der Waals surface area contributed by atoms with Gasteiger partial charge in [-0.3, -0.25) is 9.69 Å². The van der Waals surface area contributed by atoms with E-state index in [-0.39, 0.29) is 11.8 Å². The van der Waals surface area contributed by atoms with Gasteiger partial charge in [0.25, 0.3) is 0 Å². The van der Waals surface area contributed by atoms with Gasteiger partial charge in [-0.05, 0) is 43.8 Å². The standard InChI is InChI=1S/C16H19NO/c1-12(18)16(17(2)3)11-14-9-6-8-13-7-4-5-10-15(13)14/h4-10,16H,11H2,1-3H3/t16-/m1/s1. The third-order valence-electron chi connectivity index (χ3n) is 3.39. The van der Waals surface area contributed by atoms with Crippen LogP contribution in [0.15, 0.2) is 42.5 Å². The van der Waals surface area contributed by atoms with Gasteiger partial charge in [0, 0.05) is 0 Å². The molecular weight excluding hydrogens is 222 g/mol. The number of rotatable bonds is 4. The van der Waals surface area contributed by atoms with Crippen molar-refractivity contribution >= 4 is 16.6 Å². The molecule has 0 bridgehead atoms. The van der Waals surface area contributed by atoms with Crippen molar-refractivity contribution in [2.24, 2.45) is 0 Å². The summed E-state index contributed by atoms with van der Waals surface area (Å²) in [5.74, 6) is 0.216. The highest BCUT2D eigenvalue weighted by Crippen LogP contribution is 2.20. The zero-order valence-corrected chi connectivity index (χ0v) is 11.2. The van der Waals surface area contributed by atoms with E-state index in [1.54, 1.807) is 6.92 Å². The second-order valence-corrected chi connectivity index (χ2v) is 4.93. The van der Waals surface area contributed by atoms with Crippen molar-refractivity contribution in [1.29, 1.82) is 0 Å². The molecule has 0 aliphatic carbocycles. The summed E-state index contributed by atoms with van der Waals surface area (Å²) < 4.78 is 0. The third-order valence-corrected chi connectivity index (χ3v) is 3.39. The van der Waals surface area contributed by atoms with Crippen LogP contribution in [-0.2, 0) is 11.2 Å². The number of benzene rings is 2. The largest absolute Gasteiger partial charge is 0.299 e. The molecule has 2 heteroatoms. The normalized spacial score (nSPS) is 12.9. The van der Waals surface area contributed by atoms with Gasteiger partial charge in [-0.1, -0.05) is 42.5 Å². The molecule has 0 spiro atoms. The lowest BCUT2D eigenvalue weighted by Crippen LogP contribution is -2.36. The Kier molecular flexibility index (Phi) is 3.78. The van der Waals surface area contributed by atoms with Gasteiger partial charge in [-0.15, -0.1) is 0 Å². The fourth-order valence-electron chi connectivity index (χ4n) is 2.37. The number of ketones is 1. The first-order valence-corrected chi connectivity index (χ1v) is 6.23. The summed E-state index contributed by atoms with van der Waals surface area (Å²) in [5, 5.41) is 2.48. The minimum absolute atomic E-state index is 0.0455. The van der Waals surface area contributed by atoms with Crippen LogP contribution in [0.25, 0.3) is 10.8 Å². The summed E-state index contributed by atoms with van der Waals surface area (Å²) in [6.07, 6.45) is 0.768. The average Bonchev–Trinajstić information content (AvgIpc) is 2.35. The number of carbonyl (C=O) groups is 1. The Morgan fingerprint density at radius 1 is 1.11 bits per heavy atom. The molecule has 0 N–H and O–H groups in total. The molecule has 0 aliphatic rings. The van der Waals surface area contributed by atoms with Crippen LogP contribution >= 0.6 is 0 Å². The Morgan fingerprint density at radius 2 is 1.78 bits per heavy atom. The molecule has 0 amide bonds. The second-order valence-electron chi connectivity index (χ2n) is 4.93. The fraction of sp³-hybridized carbons (Fsp3) is 0.312. The van der Waals surface area contributed by atoms with Crippen molar-refractivity contribution < 1.29 is 4.79 Å². The third kappa shape index (κ3) is 2.59. The molecule has 0 fully saturated rings. The highest BCUT2D eigenvalue weighted by Gasteiger charge is 2.17. The average molecular weight is 241 g/mol. The number of hydrogen-bond acceptors (Lipinski definition) is 2. The van der Waals surface area contributed by atoms with E-state index in [2.05, 4.69) is 30.3 Å². The molecule has 2 rings (SSSR count). The van der Waals surface area contributed by atoms with E-state index in [0.717, 1.165) is 6.42 Å². The molecule has 0 aromatic heterocycles. The van der Waals surface area contributed by atoms with Gasteiger partial charge in [0.05, 0.1) is 6.04 Å². The summed E-state index contributed by atoms with van der Waals surface area (Å²) in [4.78, 5) is 13.7. The van der Waals surface area contributed by atoms with Crippen LogP contribution in [-0.4, -0.2) is 30.8 Å². The Hall–Kier alpha value is -1.67. The number of hydrogen-bond donors (Lipinski definition) is 0. The Morgan fingerprint density at radius 3 is 2.44 bits per heavy atom.